The molecule has 0 aromatic carbocycles. The molecule has 0 saturated carbocycles. The molecule has 0 aliphatic heterocycles. The molecular formula is C7H14OSn. The van der Waals surface area contributed by atoms with E-state index >= 15 is 0 Å². The fourth-order valence-corrected chi connectivity index (χ4v) is 2.70. The van der Waals surface area contributed by atoms with E-state index in [2.05, 4.69) is 13.5 Å². The van der Waals surface area contributed by atoms with Crippen molar-refractivity contribution >= 4 is 21.1 Å². The Labute approximate surface area is 67.7 Å². The van der Waals surface area contributed by atoms with Gasteiger partial charge >= 0.3 is 67.5 Å². The summed E-state index contributed by atoms with van der Waals surface area (Å²) in [5.74, 6) is 0. The zero-order chi connectivity index (χ0) is 7.11. The van der Waals surface area contributed by atoms with Gasteiger partial charge in [0.15, 0.2) is 0 Å². The molecule has 9 heavy (non-hydrogen) atoms. The molecule has 0 saturated heterocycles. The first kappa shape index (κ1) is 9.34. The minimum absolute atomic E-state index is 0.341. The standard InChI is InChI=1S/C4H7O.C3H7.Sn/c1-3-5-4-2;1-3-2;/h1,4H2,2H3;1,3H2,2H3;. The first-order valence-corrected chi connectivity index (χ1v) is 6.81. The third-order valence-electron chi connectivity index (χ3n) is 0.891. The molecule has 0 aliphatic carbocycles. The number of hydrogen-bond donors (Lipinski definition) is 0. The van der Waals surface area contributed by atoms with Crippen molar-refractivity contribution in [3.63, 3.8) is 0 Å². The van der Waals surface area contributed by atoms with Crippen LogP contribution in [0.4, 0.5) is 0 Å². The van der Waals surface area contributed by atoms with E-state index in [1.807, 2.05) is 6.92 Å². The van der Waals surface area contributed by atoms with Crippen molar-refractivity contribution in [3.05, 3.63) is 10.4 Å². The van der Waals surface area contributed by atoms with Crippen LogP contribution in [0, 0.1) is 0 Å². The van der Waals surface area contributed by atoms with Gasteiger partial charge in [-0.3, -0.25) is 0 Å². The summed E-state index contributed by atoms with van der Waals surface area (Å²) in [5.41, 5.74) is 0. The van der Waals surface area contributed by atoms with E-state index in [1.165, 1.54) is 10.9 Å². The zero-order valence-corrected chi connectivity index (χ0v) is 9.09. The summed E-state index contributed by atoms with van der Waals surface area (Å²) in [7, 11) is 0. The summed E-state index contributed by atoms with van der Waals surface area (Å²) in [6.07, 6.45) is 1.29. The summed E-state index contributed by atoms with van der Waals surface area (Å²) in [4.78, 5) is 0. The molecule has 0 heterocycles. The van der Waals surface area contributed by atoms with E-state index in [0.717, 1.165) is 10.4 Å². The second kappa shape index (κ2) is 6.46. The third-order valence-corrected chi connectivity index (χ3v) is 4.57. The van der Waals surface area contributed by atoms with Crippen molar-refractivity contribution in [3.8, 4) is 0 Å². The number of rotatable bonds is 5. The molecule has 0 fully saturated rings. The Morgan fingerprint density at radius 1 is 1.56 bits per heavy atom. The molecule has 0 amide bonds. The van der Waals surface area contributed by atoms with Crippen molar-refractivity contribution in [2.75, 3.05) is 6.61 Å². The van der Waals surface area contributed by atoms with Crippen LogP contribution >= 0.6 is 0 Å². The van der Waals surface area contributed by atoms with Gasteiger partial charge in [0.25, 0.3) is 0 Å². The van der Waals surface area contributed by atoms with Crippen LogP contribution in [0.25, 0.3) is 0 Å². The van der Waals surface area contributed by atoms with Crippen molar-refractivity contribution < 1.29 is 4.74 Å². The molecular weight excluding hydrogens is 219 g/mol. The van der Waals surface area contributed by atoms with Crippen LogP contribution in [-0.2, 0) is 4.74 Å². The molecule has 0 spiro atoms. The first-order valence-electron chi connectivity index (χ1n) is 3.36. The summed E-state index contributed by atoms with van der Waals surface area (Å²) in [5, 5.41) is 0. The van der Waals surface area contributed by atoms with Crippen LogP contribution < -0.4 is 0 Å². The fraction of sp³-hybridized carbons (Fsp3) is 0.714. The molecule has 0 aromatic rings. The first-order chi connectivity index (χ1) is 4.31. The Kier molecular flexibility index (Phi) is 6.70. The Bertz CT molecular complexity index is 81.0. The Hall–Kier alpha value is 0.339. The summed E-state index contributed by atoms with van der Waals surface area (Å²) < 4.78 is 7.69. The predicted molar refractivity (Wildman–Crippen MR) is 41.6 cm³/mol. The predicted octanol–water partition coefficient (Wildman–Crippen LogP) is 2.03. The average molecular weight is 233 g/mol. The van der Waals surface area contributed by atoms with Crippen LogP contribution in [-0.4, -0.2) is 27.7 Å². The van der Waals surface area contributed by atoms with Gasteiger partial charge in [-0.1, -0.05) is 0 Å². The van der Waals surface area contributed by atoms with Gasteiger partial charge in [-0.05, 0) is 0 Å². The molecule has 1 nitrogen and oxygen atoms in total. The van der Waals surface area contributed by atoms with E-state index in [-0.39, 0.29) is 21.1 Å². The molecule has 2 radical (unpaired) electrons. The van der Waals surface area contributed by atoms with Gasteiger partial charge in [0.1, 0.15) is 0 Å². The Morgan fingerprint density at radius 2 is 2.22 bits per heavy atom. The maximum absolute atomic E-state index is 5.22. The van der Waals surface area contributed by atoms with Crippen molar-refractivity contribution in [1.29, 1.82) is 0 Å². The summed E-state index contributed by atoms with van der Waals surface area (Å²) in [6, 6.07) is 0. The van der Waals surface area contributed by atoms with Gasteiger partial charge in [0.2, 0.25) is 0 Å². The topological polar surface area (TPSA) is 9.23 Å². The Balaban J connectivity index is 3.06. The van der Waals surface area contributed by atoms with Crippen molar-refractivity contribution in [2.24, 2.45) is 0 Å². The van der Waals surface area contributed by atoms with Crippen LogP contribution in [0.5, 0.6) is 0 Å². The number of hydrogen-bond acceptors (Lipinski definition) is 1. The molecule has 0 atom stereocenters. The quantitative estimate of drug-likeness (QED) is 0.521. The maximum atomic E-state index is 5.22. The van der Waals surface area contributed by atoms with Crippen LogP contribution in [0.1, 0.15) is 20.3 Å². The normalized spacial score (nSPS) is 9.11. The molecule has 0 bridgehead atoms. The van der Waals surface area contributed by atoms with Gasteiger partial charge in [-0.25, -0.2) is 0 Å². The molecule has 0 N–H and O–H groups in total. The molecule has 0 rings (SSSR count). The van der Waals surface area contributed by atoms with Gasteiger partial charge in [-0.2, -0.15) is 0 Å². The summed E-state index contributed by atoms with van der Waals surface area (Å²) in [6.45, 7) is 8.85. The van der Waals surface area contributed by atoms with Crippen molar-refractivity contribution in [1.82, 2.24) is 0 Å². The Morgan fingerprint density at radius 3 is 2.67 bits per heavy atom. The van der Waals surface area contributed by atoms with Crippen molar-refractivity contribution in [2.45, 2.75) is 24.7 Å². The molecule has 2 heteroatoms. The van der Waals surface area contributed by atoms with E-state index in [0.29, 0.717) is 0 Å². The van der Waals surface area contributed by atoms with Gasteiger partial charge < -0.3 is 0 Å². The van der Waals surface area contributed by atoms with Gasteiger partial charge in [0.05, 0.1) is 0 Å². The zero-order valence-electron chi connectivity index (χ0n) is 6.24. The second-order valence-electron chi connectivity index (χ2n) is 1.78. The minimum atomic E-state index is -0.341. The molecule has 52 valence electrons. The third kappa shape index (κ3) is 6.22. The SMILES string of the molecule is C=[C](OCC)[Sn][CH2]CC. The average Bonchev–Trinajstić information content (AvgIpc) is 1.85. The van der Waals surface area contributed by atoms with E-state index in [9.17, 15) is 0 Å². The van der Waals surface area contributed by atoms with Gasteiger partial charge in [0, 0.05) is 0 Å². The monoisotopic (exact) mass is 234 g/mol. The number of ether oxygens (including phenoxy) is 1. The van der Waals surface area contributed by atoms with E-state index in [1.54, 1.807) is 0 Å². The van der Waals surface area contributed by atoms with Crippen LogP contribution in [0.2, 0.25) is 4.44 Å². The van der Waals surface area contributed by atoms with E-state index < -0.39 is 0 Å². The van der Waals surface area contributed by atoms with Gasteiger partial charge in [-0.15, -0.1) is 0 Å². The fourth-order valence-electron chi connectivity index (χ4n) is 0.490. The van der Waals surface area contributed by atoms with Crippen LogP contribution in [0.15, 0.2) is 10.4 Å². The molecule has 0 aromatic heterocycles. The van der Waals surface area contributed by atoms with E-state index in [4.69, 9.17) is 4.74 Å². The van der Waals surface area contributed by atoms with Crippen LogP contribution in [0.3, 0.4) is 0 Å². The molecule has 0 unspecified atom stereocenters. The summed E-state index contributed by atoms with van der Waals surface area (Å²) >= 11 is -0.341. The molecule has 0 aliphatic rings. The second-order valence-corrected chi connectivity index (χ2v) is 5.81.